The average Bonchev–Trinajstić information content (AvgIpc) is 3.31. The van der Waals surface area contributed by atoms with Gasteiger partial charge < -0.3 is 14.6 Å². The second-order valence-corrected chi connectivity index (χ2v) is 6.89. The van der Waals surface area contributed by atoms with Gasteiger partial charge in [0.05, 0.1) is 5.69 Å². The lowest BCUT2D eigenvalue weighted by Gasteiger charge is -2.14. The fraction of sp³-hybridized carbons (Fsp3) is 0.200. The Morgan fingerprint density at radius 3 is 2.54 bits per heavy atom. The minimum absolute atomic E-state index is 0.321. The standard InChI is InChI=1S/C20H20N2O3S/c1-14-5-7-16(8-6-14)13-21-19(23)15(2)25-20(24)18-17(9-12-26-18)22-10-3-4-11-22/h3-12,15H,13H2,1-2H3,(H,21,23). The quantitative estimate of drug-likeness (QED) is 0.675. The molecular formula is C20H20N2O3S. The first-order valence-corrected chi connectivity index (χ1v) is 9.17. The van der Waals surface area contributed by atoms with Gasteiger partial charge in [-0.3, -0.25) is 4.79 Å². The zero-order chi connectivity index (χ0) is 18.5. The van der Waals surface area contributed by atoms with E-state index in [1.807, 2.05) is 71.7 Å². The molecule has 1 unspecified atom stereocenters. The van der Waals surface area contributed by atoms with Crippen molar-refractivity contribution < 1.29 is 14.3 Å². The van der Waals surface area contributed by atoms with E-state index in [2.05, 4.69) is 5.32 Å². The molecule has 5 nitrogen and oxygen atoms in total. The topological polar surface area (TPSA) is 60.3 Å². The van der Waals surface area contributed by atoms with Crippen LogP contribution in [0.4, 0.5) is 0 Å². The maximum atomic E-state index is 12.4. The summed E-state index contributed by atoms with van der Waals surface area (Å²) in [6, 6.07) is 13.5. The molecule has 0 saturated heterocycles. The normalized spacial score (nSPS) is 11.8. The van der Waals surface area contributed by atoms with E-state index >= 15 is 0 Å². The Morgan fingerprint density at radius 1 is 1.15 bits per heavy atom. The second-order valence-electron chi connectivity index (χ2n) is 5.98. The predicted octanol–water partition coefficient (Wildman–Crippen LogP) is 3.71. The number of hydrogen-bond donors (Lipinski definition) is 1. The summed E-state index contributed by atoms with van der Waals surface area (Å²) in [6.45, 7) is 3.98. The van der Waals surface area contributed by atoms with Gasteiger partial charge in [0.25, 0.3) is 5.91 Å². The van der Waals surface area contributed by atoms with Crippen LogP contribution in [0.3, 0.4) is 0 Å². The second kappa shape index (κ2) is 8.01. The van der Waals surface area contributed by atoms with Gasteiger partial charge in [-0.05, 0) is 43.0 Å². The lowest BCUT2D eigenvalue weighted by atomic mass is 10.1. The molecule has 6 heteroatoms. The fourth-order valence-corrected chi connectivity index (χ4v) is 3.23. The molecule has 0 aliphatic carbocycles. The maximum absolute atomic E-state index is 12.4. The maximum Gasteiger partial charge on any atom is 0.351 e. The number of ether oxygens (including phenoxy) is 1. The summed E-state index contributed by atoms with van der Waals surface area (Å²) >= 11 is 1.29. The Hall–Kier alpha value is -2.86. The van der Waals surface area contributed by atoms with Crippen molar-refractivity contribution in [1.82, 2.24) is 9.88 Å². The molecule has 0 spiro atoms. The van der Waals surface area contributed by atoms with E-state index in [0.717, 1.165) is 16.8 Å². The van der Waals surface area contributed by atoms with Crippen molar-refractivity contribution in [3.8, 4) is 5.69 Å². The van der Waals surface area contributed by atoms with Crippen molar-refractivity contribution in [2.75, 3.05) is 0 Å². The van der Waals surface area contributed by atoms with Crippen molar-refractivity contribution in [3.05, 3.63) is 76.2 Å². The van der Waals surface area contributed by atoms with Gasteiger partial charge in [-0.1, -0.05) is 29.8 Å². The molecular weight excluding hydrogens is 348 g/mol. The number of aryl methyl sites for hydroxylation is 1. The van der Waals surface area contributed by atoms with Crippen molar-refractivity contribution in [2.45, 2.75) is 26.5 Å². The molecule has 1 N–H and O–H groups in total. The van der Waals surface area contributed by atoms with Crippen LogP contribution in [0.1, 0.15) is 27.7 Å². The molecule has 0 aliphatic rings. The highest BCUT2D eigenvalue weighted by Crippen LogP contribution is 2.22. The van der Waals surface area contributed by atoms with Crippen LogP contribution >= 0.6 is 11.3 Å². The zero-order valence-electron chi connectivity index (χ0n) is 14.6. The van der Waals surface area contributed by atoms with E-state index in [-0.39, 0.29) is 5.91 Å². The minimum Gasteiger partial charge on any atom is -0.448 e. The van der Waals surface area contributed by atoms with Crippen LogP contribution < -0.4 is 5.32 Å². The van der Waals surface area contributed by atoms with Gasteiger partial charge in [0.15, 0.2) is 6.10 Å². The average molecular weight is 368 g/mol. The van der Waals surface area contributed by atoms with Crippen LogP contribution in [-0.4, -0.2) is 22.5 Å². The summed E-state index contributed by atoms with van der Waals surface area (Å²) in [7, 11) is 0. The van der Waals surface area contributed by atoms with Crippen molar-refractivity contribution in [1.29, 1.82) is 0 Å². The third kappa shape index (κ3) is 4.21. The van der Waals surface area contributed by atoms with E-state index in [4.69, 9.17) is 4.74 Å². The number of benzene rings is 1. The molecule has 0 bridgehead atoms. The van der Waals surface area contributed by atoms with Gasteiger partial charge in [-0.25, -0.2) is 4.79 Å². The van der Waals surface area contributed by atoms with Crippen LogP contribution in [0.5, 0.6) is 0 Å². The summed E-state index contributed by atoms with van der Waals surface area (Å²) < 4.78 is 7.19. The van der Waals surface area contributed by atoms with Crippen LogP contribution in [0.15, 0.2) is 60.2 Å². The summed E-state index contributed by atoms with van der Waals surface area (Å²) in [5.41, 5.74) is 2.91. The number of esters is 1. The van der Waals surface area contributed by atoms with Gasteiger partial charge in [0.2, 0.25) is 0 Å². The minimum atomic E-state index is -0.868. The number of carbonyl (C=O) groups is 2. The SMILES string of the molecule is Cc1ccc(CNC(=O)C(C)OC(=O)c2sccc2-n2cccc2)cc1. The molecule has 2 aromatic heterocycles. The summed E-state index contributed by atoms with van der Waals surface area (Å²) in [6.07, 6.45) is 2.85. The first kappa shape index (κ1) is 17.9. The molecule has 1 atom stereocenters. The van der Waals surface area contributed by atoms with Gasteiger partial charge >= 0.3 is 5.97 Å². The Balaban J connectivity index is 1.58. The van der Waals surface area contributed by atoms with Crippen LogP contribution in [0.25, 0.3) is 5.69 Å². The van der Waals surface area contributed by atoms with E-state index in [0.29, 0.717) is 11.4 Å². The summed E-state index contributed by atoms with van der Waals surface area (Å²) in [4.78, 5) is 25.1. The Kier molecular flexibility index (Phi) is 5.53. The molecule has 0 saturated carbocycles. The Bertz CT molecular complexity index is 882. The first-order valence-electron chi connectivity index (χ1n) is 8.29. The Labute approximate surface area is 156 Å². The molecule has 0 aliphatic heterocycles. The van der Waals surface area contributed by atoms with E-state index in [9.17, 15) is 9.59 Å². The largest absolute Gasteiger partial charge is 0.448 e. The first-order chi connectivity index (χ1) is 12.5. The van der Waals surface area contributed by atoms with Gasteiger partial charge in [0, 0.05) is 18.9 Å². The zero-order valence-corrected chi connectivity index (χ0v) is 15.5. The molecule has 26 heavy (non-hydrogen) atoms. The summed E-state index contributed by atoms with van der Waals surface area (Å²) in [5.74, 6) is -0.820. The third-order valence-corrected chi connectivity index (χ3v) is 4.84. The van der Waals surface area contributed by atoms with Gasteiger partial charge in [-0.15, -0.1) is 11.3 Å². The molecule has 1 amide bonds. The highest BCUT2D eigenvalue weighted by molar-refractivity contribution is 7.12. The number of carbonyl (C=O) groups excluding carboxylic acids is 2. The molecule has 3 aromatic rings. The van der Waals surface area contributed by atoms with Crippen LogP contribution in [-0.2, 0) is 16.1 Å². The van der Waals surface area contributed by atoms with E-state index in [1.165, 1.54) is 11.3 Å². The highest BCUT2D eigenvalue weighted by Gasteiger charge is 2.22. The number of amides is 1. The predicted molar refractivity (Wildman–Crippen MR) is 102 cm³/mol. The van der Waals surface area contributed by atoms with Crippen LogP contribution in [0.2, 0.25) is 0 Å². The smallest absolute Gasteiger partial charge is 0.351 e. The highest BCUT2D eigenvalue weighted by atomic mass is 32.1. The summed E-state index contributed by atoms with van der Waals surface area (Å²) in [5, 5.41) is 4.62. The fourth-order valence-electron chi connectivity index (χ4n) is 2.46. The number of hydrogen-bond acceptors (Lipinski definition) is 4. The van der Waals surface area contributed by atoms with Crippen molar-refractivity contribution in [3.63, 3.8) is 0 Å². The molecule has 3 rings (SSSR count). The van der Waals surface area contributed by atoms with Crippen molar-refractivity contribution in [2.24, 2.45) is 0 Å². The number of nitrogens with zero attached hydrogens (tertiary/aromatic N) is 1. The lowest BCUT2D eigenvalue weighted by molar-refractivity contribution is -0.129. The van der Waals surface area contributed by atoms with E-state index in [1.54, 1.807) is 6.92 Å². The number of thiophene rings is 1. The van der Waals surface area contributed by atoms with Gasteiger partial charge in [0.1, 0.15) is 4.88 Å². The molecule has 2 heterocycles. The monoisotopic (exact) mass is 368 g/mol. The van der Waals surface area contributed by atoms with Crippen LogP contribution in [0, 0.1) is 6.92 Å². The molecule has 1 aromatic carbocycles. The van der Waals surface area contributed by atoms with Crippen molar-refractivity contribution >= 4 is 23.2 Å². The number of rotatable bonds is 6. The lowest BCUT2D eigenvalue weighted by Crippen LogP contribution is -2.35. The number of aromatic nitrogens is 1. The number of nitrogens with one attached hydrogen (secondary N) is 1. The Morgan fingerprint density at radius 2 is 1.85 bits per heavy atom. The van der Waals surface area contributed by atoms with E-state index < -0.39 is 12.1 Å². The third-order valence-electron chi connectivity index (χ3n) is 3.95. The van der Waals surface area contributed by atoms with Gasteiger partial charge in [-0.2, -0.15) is 0 Å². The molecule has 134 valence electrons. The molecule has 0 fully saturated rings. The molecule has 0 radical (unpaired) electrons.